The summed E-state index contributed by atoms with van der Waals surface area (Å²) >= 11 is 0. The van der Waals surface area contributed by atoms with Crippen molar-refractivity contribution in [3.8, 4) is 17.2 Å². The molecule has 0 spiro atoms. The first-order chi connectivity index (χ1) is 10.0. The Morgan fingerprint density at radius 3 is 1.45 bits per heavy atom. The average Bonchev–Trinajstić information content (AvgIpc) is 2.37. The van der Waals surface area contributed by atoms with Gasteiger partial charge in [-0.15, -0.1) is 0 Å². The summed E-state index contributed by atoms with van der Waals surface area (Å²) in [6.45, 7) is 0. The summed E-state index contributed by atoms with van der Waals surface area (Å²) in [6.07, 6.45) is 0. The molecule has 10 heteroatoms. The number of rotatable bonds is 0. The van der Waals surface area contributed by atoms with E-state index in [1.165, 1.54) is 12.1 Å². The van der Waals surface area contributed by atoms with Gasteiger partial charge in [0.25, 0.3) is 0 Å². The summed E-state index contributed by atoms with van der Waals surface area (Å²) in [6, 6.07) is 10.8. The summed E-state index contributed by atoms with van der Waals surface area (Å²) in [5.41, 5.74) is 12.1. The predicted molar refractivity (Wildman–Crippen MR) is 80.9 cm³/mol. The summed E-state index contributed by atoms with van der Waals surface area (Å²) in [4.78, 5) is 0. The van der Waals surface area contributed by atoms with Crippen molar-refractivity contribution < 1.29 is 32.8 Å². The lowest BCUT2D eigenvalue weighted by molar-refractivity contribution is 0.381. The summed E-state index contributed by atoms with van der Waals surface area (Å²) in [5, 5.41) is 26.0. The minimum absolute atomic E-state index is 0.0645. The van der Waals surface area contributed by atoms with Crippen molar-refractivity contribution >= 4 is 21.8 Å². The van der Waals surface area contributed by atoms with E-state index in [1.807, 2.05) is 12.1 Å². The van der Waals surface area contributed by atoms with E-state index >= 15 is 0 Å². The highest BCUT2D eigenvalue weighted by Crippen LogP contribution is 2.27. The third kappa shape index (κ3) is 10.1. The zero-order valence-electron chi connectivity index (χ0n) is 11.2. The zero-order chi connectivity index (χ0) is 17.3. The van der Waals surface area contributed by atoms with Gasteiger partial charge in [0, 0.05) is 6.07 Å². The van der Waals surface area contributed by atoms with Crippen LogP contribution in [-0.2, 0) is 10.4 Å². The number of para-hydroxylation sites is 2. The molecule has 2 aromatic carbocycles. The minimum Gasteiger partial charge on any atom is -0.508 e. The molecule has 0 saturated carbocycles. The number of hydrogen-bond donors (Lipinski definition) is 7. The Balaban J connectivity index is 0.000000315. The Morgan fingerprint density at radius 1 is 0.773 bits per heavy atom. The monoisotopic (exact) mass is 332 g/mol. The standard InChI is InChI=1S/C6H8N2.C6H6O3.H2O4S/c7-5-3-1-2-4-6(5)8;7-4-1-2-5(8)6(9)3-4;1-5(2,3)4/h1-4H,7-8H2;1-3,7-9H;(H2,1,2,3,4). The third-order valence-corrected chi connectivity index (χ3v) is 1.96. The van der Waals surface area contributed by atoms with Crippen LogP contribution in [0.4, 0.5) is 11.4 Å². The van der Waals surface area contributed by atoms with Gasteiger partial charge in [-0.1, -0.05) is 12.1 Å². The van der Waals surface area contributed by atoms with Crippen LogP contribution in [0.3, 0.4) is 0 Å². The average molecular weight is 332 g/mol. The van der Waals surface area contributed by atoms with Crippen LogP contribution in [0, 0.1) is 0 Å². The maximum Gasteiger partial charge on any atom is 0.394 e. The normalized spacial score (nSPS) is 9.73. The molecule has 0 bridgehead atoms. The van der Waals surface area contributed by atoms with Crippen LogP contribution in [0.5, 0.6) is 17.2 Å². The van der Waals surface area contributed by atoms with Gasteiger partial charge in [0.05, 0.1) is 11.4 Å². The fraction of sp³-hybridized carbons (Fsp3) is 0. The summed E-state index contributed by atoms with van der Waals surface area (Å²) in [5.74, 6) is -0.604. The SMILES string of the molecule is Nc1ccccc1N.O=S(=O)(O)O.Oc1ccc(O)c(O)c1. The summed E-state index contributed by atoms with van der Waals surface area (Å²) < 4.78 is 31.6. The highest BCUT2D eigenvalue weighted by molar-refractivity contribution is 7.79. The first-order valence-corrected chi connectivity index (χ1v) is 6.91. The fourth-order valence-electron chi connectivity index (χ4n) is 1.02. The van der Waals surface area contributed by atoms with Gasteiger partial charge in [-0.2, -0.15) is 8.42 Å². The minimum atomic E-state index is -4.67. The van der Waals surface area contributed by atoms with Crippen LogP contribution in [0.15, 0.2) is 42.5 Å². The lowest BCUT2D eigenvalue weighted by atomic mass is 10.3. The molecule has 0 heterocycles. The maximum atomic E-state index is 8.74. The van der Waals surface area contributed by atoms with E-state index < -0.39 is 10.4 Å². The molecule has 2 aromatic rings. The van der Waals surface area contributed by atoms with E-state index in [4.69, 9.17) is 44.3 Å². The Hall–Kier alpha value is -2.69. The van der Waals surface area contributed by atoms with Crippen molar-refractivity contribution in [2.75, 3.05) is 11.5 Å². The van der Waals surface area contributed by atoms with Gasteiger partial charge >= 0.3 is 10.4 Å². The van der Waals surface area contributed by atoms with Crippen LogP contribution in [-0.4, -0.2) is 32.8 Å². The van der Waals surface area contributed by atoms with E-state index in [9.17, 15) is 0 Å². The Morgan fingerprint density at radius 2 is 1.18 bits per heavy atom. The smallest absolute Gasteiger partial charge is 0.394 e. The number of nitrogens with two attached hydrogens (primary N) is 2. The van der Waals surface area contributed by atoms with Gasteiger partial charge in [0.2, 0.25) is 0 Å². The number of phenolic OH excluding ortho intramolecular Hbond substituents is 3. The zero-order valence-corrected chi connectivity index (χ0v) is 12.0. The molecule has 22 heavy (non-hydrogen) atoms. The van der Waals surface area contributed by atoms with Gasteiger partial charge < -0.3 is 26.8 Å². The number of anilines is 2. The van der Waals surface area contributed by atoms with Crippen LogP contribution < -0.4 is 11.5 Å². The predicted octanol–water partition coefficient (Wildman–Crippen LogP) is 1.00. The molecule has 0 aliphatic carbocycles. The fourth-order valence-corrected chi connectivity index (χ4v) is 1.02. The van der Waals surface area contributed by atoms with Crippen LogP contribution in [0.1, 0.15) is 0 Å². The molecule has 0 aliphatic rings. The molecular formula is C12H16N2O7S. The van der Waals surface area contributed by atoms with Crippen molar-refractivity contribution in [2.24, 2.45) is 0 Å². The Bertz CT molecular complexity index is 675. The van der Waals surface area contributed by atoms with Crippen molar-refractivity contribution in [2.45, 2.75) is 0 Å². The number of benzene rings is 2. The second kappa shape index (κ2) is 8.56. The molecular weight excluding hydrogens is 316 g/mol. The highest BCUT2D eigenvalue weighted by Gasteiger charge is 1.96. The van der Waals surface area contributed by atoms with Crippen molar-refractivity contribution in [3.05, 3.63) is 42.5 Å². The molecule has 0 amide bonds. The third-order valence-electron chi connectivity index (χ3n) is 1.96. The second-order valence-electron chi connectivity index (χ2n) is 3.75. The number of phenols is 3. The van der Waals surface area contributed by atoms with Crippen molar-refractivity contribution in [3.63, 3.8) is 0 Å². The molecule has 0 saturated heterocycles. The number of nitrogen functional groups attached to an aromatic ring is 2. The lowest BCUT2D eigenvalue weighted by Gasteiger charge is -1.95. The Kier molecular flexibility index (Phi) is 7.52. The van der Waals surface area contributed by atoms with E-state index in [0.717, 1.165) is 6.07 Å². The number of hydrogen-bond acceptors (Lipinski definition) is 7. The second-order valence-corrected chi connectivity index (χ2v) is 4.65. The summed E-state index contributed by atoms with van der Waals surface area (Å²) in [7, 11) is -4.67. The van der Waals surface area contributed by atoms with Gasteiger partial charge in [0.1, 0.15) is 5.75 Å². The first kappa shape index (κ1) is 19.3. The highest BCUT2D eigenvalue weighted by atomic mass is 32.3. The molecule has 9 N–H and O–H groups in total. The van der Waals surface area contributed by atoms with Crippen LogP contribution in [0.2, 0.25) is 0 Å². The van der Waals surface area contributed by atoms with Gasteiger partial charge in [-0.25, -0.2) is 0 Å². The topological polar surface area (TPSA) is 187 Å². The lowest BCUT2D eigenvalue weighted by Crippen LogP contribution is -1.91. The molecule has 0 atom stereocenters. The van der Waals surface area contributed by atoms with E-state index in [-0.39, 0.29) is 17.2 Å². The van der Waals surface area contributed by atoms with E-state index in [1.54, 1.807) is 12.1 Å². The molecule has 0 aliphatic heterocycles. The first-order valence-electron chi connectivity index (χ1n) is 5.51. The molecule has 2 rings (SSSR count). The molecule has 0 unspecified atom stereocenters. The largest absolute Gasteiger partial charge is 0.508 e. The number of aromatic hydroxyl groups is 3. The Labute approximate surface area is 126 Å². The van der Waals surface area contributed by atoms with Gasteiger partial charge in [-0.3, -0.25) is 9.11 Å². The van der Waals surface area contributed by atoms with Crippen molar-refractivity contribution in [1.29, 1.82) is 0 Å². The molecule has 0 aromatic heterocycles. The van der Waals surface area contributed by atoms with Crippen LogP contribution >= 0.6 is 0 Å². The molecule has 0 fully saturated rings. The van der Waals surface area contributed by atoms with Gasteiger partial charge in [0.15, 0.2) is 11.5 Å². The molecule has 0 radical (unpaired) electrons. The van der Waals surface area contributed by atoms with Gasteiger partial charge in [-0.05, 0) is 24.3 Å². The quantitative estimate of drug-likeness (QED) is 0.160. The molecule has 9 nitrogen and oxygen atoms in total. The van der Waals surface area contributed by atoms with Crippen molar-refractivity contribution in [1.82, 2.24) is 0 Å². The van der Waals surface area contributed by atoms with E-state index in [2.05, 4.69) is 0 Å². The van der Waals surface area contributed by atoms with Crippen LogP contribution in [0.25, 0.3) is 0 Å². The molecule has 122 valence electrons. The van der Waals surface area contributed by atoms with E-state index in [0.29, 0.717) is 11.4 Å². The maximum absolute atomic E-state index is 8.74.